The Labute approximate surface area is 260 Å². The fourth-order valence-corrected chi connectivity index (χ4v) is 6.12. The van der Waals surface area contributed by atoms with Crippen molar-refractivity contribution >= 4 is 34.6 Å². The summed E-state index contributed by atoms with van der Waals surface area (Å²) in [5.74, 6) is 0.227. The average Bonchev–Trinajstić information content (AvgIpc) is 3.66. The summed E-state index contributed by atoms with van der Waals surface area (Å²) in [7, 11) is 0. The van der Waals surface area contributed by atoms with Crippen molar-refractivity contribution < 1.29 is 27.5 Å². The number of urea groups is 1. The van der Waals surface area contributed by atoms with E-state index in [4.69, 9.17) is 0 Å². The second kappa shape index (κ2) is 12.7. The number of hydrogen-bond donors (Lipinski definition) is 2. The largest absolute Gasteiger partial charge is 0.573 e. The Hall–Kier alpha value is -4.69. The van der Waals surface area contributed by atoms with Gasteiger partial charge in [0.2, 0.25) is 5.91 Å². The van der Waals surface area contributed by atoms with E-state index in [2.05, 4.69) is 36.7 Å². The molecule has 0 radical (unpaired) electrons. The van der Waals surface area contributed by atoms with E-state index in [9.17, 15) is 22.8 Å². The molecule has 2 N–H and O–H groups in total. The van der Waals surface area contributed by atoms with Crippen molar-refractivity contribution in [1.29, 1.82) is 0 Å². The molecule has 1 fully saturated rings. The molecule has 1 atom stereocenters. The predicted octanol–water partition coefficient (Wildman–Crippen LogP) is 6.12. The summed E-state index contributed by atoms with van der Waals surface area (Å²) in [4.78, 5) is 35.6. The Kier molecular flexibility index (Phi) is 8.59. The van der Waals surface area contributed by atoms with Crippen LogP contribution in [0.4, 0.5) is 23.7 Å². The highest BCUT2D eigenvalue weighted by atomic mass is 32.2. The van der Waals surface area contributed by atoms with Crippen LogP contribution in [0.3, 0.4) is 0 Å². The number of nitrogens with zero attached hydrogens (tertiary/aromatic N) is 5. The second-order valence-electron chi connectivity index (χ2n) is 10.5. The van der Waals surface area contributed by atoms with E-state index >= 15 is 0 Å². The van der Waals surface area contributed by atoms with Crippen molar-refractivity contribution in [2.45, 2.75) is 45.0 Å². The lowest BCUT2D eigenvalue weighted by atomic mass is 9.90. The van der Waals surface area contributed by atoms with Crippen LogP contribution in [0.5, 0.6) is 5.75 Å². The first-order chi connectivity index (χ1) is 21.6. The minimum absolute atomic E-state index is 0.0975. The van der Waals surface area contributed by atoms with Gasteiger partial charge < -0.3 is 4.74 Å². The smallest absolute Gasteiger partial charge is 0.406 e. The summed E-state index contributed by atoms with van der Waals surface area (Å²) in [5.41, 5.74) is 10.9. The van der Waals surface area contributed by atoms with E-state index in [1.807, 2.05) is 43.3 Å². The van der Waals surface area contributed by atoms with Gasteiger partial charge in [-0.25, -0.2) is 19.9 Å². The van der Waals surface area contributed by atoms with Crippen LogP contribution in [0.1, 0.15) is 42.5 Å². The highest BCUT2D eigenvalue weighted by Crippen LogP contribution is 2.35. The number of thioether (sulfide) groups is 1. The third kappa shape index (κ3) is 7.02. The van der Waals surface area contributed by atoms with E-state index in [1.165, 1.54) is 52.6 Å². The van der Waals surface area contributed by atoms with Gasteiger partial charge >= 0.3 is 12.4 Å². The molecule has 1 aromatic heterocycles. The molecule has 0 spiro atoms. The number of aromatic nitrogens is 3. The van der Waals surface area contributed by atoms with Crippen LogP contribution in [0.15, 0.2) is 78.0 Å². The molecule has 1 saturated heterocycles. The highest BCUT2D eigenvalue weighted by molar-refractivity contribution is 8.15. The van der Waals surface area contributed by atoms with Gasteiger partial charge in [-0.1, -0.05) is 48.2 Å². The minimum Gasteiger partial charge on any atom is -0.406 e. The molecule has 2 heterocycles. The lowest BCUT2D eigenvalue weighted by Gasteiger charge is -2.24. The fraction of sp³-hybridized carbons (Fsp3) is 0.258. The number of hydrogen-bond acceptors (Lipinski definition) is 7. The van der Waals surface area contributed by atoms with Crippen LogP contribution in [0.25, 0.3) is 17.1 Å². The van der Waals surface area contributed by atoms with Gasteiger partial charge in [0.1, 0.15) is 12.1 Å². The van der Waals surface area contributed by atoms with Crippen LogP contribution >= 0.6 is 11.8 Å². The third-order valence-corrected chi connectivity index (χ3v) is 8.39. The molecule has 0 saturated carbocycles. The number of amidine groups is 1. The SMILES string of the molecule is CC(NNC(=O)N=C1SCC(=O)N1c1cccc2c1CCCC2)c1ccc(-c2ncn(-c3ccc(OC(F)(F)F)cc3)n2)cc1. The Morgan fingerprint density at radius 3 is 2.56 bits per heavy atom. The molecule has 232 valence electrons. The van der Waals surface area contributed by atoms with E-state index in [1.54, 1.807) is 4.90 Å². The minimum atomic E-state index is -4.76. The van der Waals surface area contributed by atoms with Crippen molar-refractivity contribution in [3.8, 4) is 22.8 Å². The molecule has 3 aromatic carbocycles. The number of benzene rings is 3. The molecule has 1 unspecified atom stereocenters. The van der Waals surface area contributed by atoms with E-state index < -0.39 is 12.4 Å². The molecule has 6 rings (SSSR count). The summed E-state index contributed by atoms with van der Waals surface area (Å²) in [5, 5.41) is 4.77. The summed E-state index contributed by atoms with van der Waals surface area (Å²) in [6.07, 6.45) is 0.773. The van der Waals surface area contributed by atoms with Crippen LogP contribution in [0.2, 0.25) is 0 Å². The van der Waals surface area contributed by atoms with Crippen molar-refractivity contribution in [3.05, 3.63) is 89.7 Å². The number of rotatable bonds is 7. The molecule has 2 aliphatic rings. The van der Waals surface area contributed by atoms with Crippen molar-refractivity contribution in [3.63, 3.8) is 0 Å². The van der Waals surface area contributed by atoms with Gasteiger partial charge in [0.05, 0.1) is 17.1 Å². The maximum Gasteiger partial charge on any atom is 0.573 e. The van der Waals surface area contributed by atoms with Gasteiger partial charge in [-0.2, -0.15) is 4.99 Å². The molecular formula is C31H28F3N7O3S. The fourth-order valence-electron chi connectivity index (χ4n) is 5.26. The number of ether oxygens (including phenoxy) is 1. The van der Waals surface area contributed by atoms with Crippen LogP contribution in [-0.4, -0.2) is 44.0 Å². The van der Waals surface area contributed by atoms with E-state index in [-0.39, 0.29) is 23.5 Å². The average molecular weight is 636 g/mol. The Morgan fingerprint density at radius 2 is 1.80 bits per heavy atom. The maximum absolute atomic E-state index is 12.8. The number of nitrogens with one attached hydrogen (secondary N) is 2. The number of aliphatic imine (C=N–C) groups is 1. The van der Waals surface area contributed by atoms with Crippen LogP contribution in [0, 0.1) is 0 Å². The summed E-state index contributed by atoms with van der Waals surface area (Å²) < 4.78 is 42.6. The maximum atomic E-state index is 12.8. The van der Waals surface area contributed by atoms with Crippen LogP contribution in [-0.2, 0) is 17.6 Å². The number of aryl methyl sites for hydroxylation is 1. The number of carbonyl (C=O) groups excluding carboxylic acids is 2. The molecule has 4 aromatic rings. The standard InChI is InChI=1S/C31H28F3N7O3S/c1-19(37-38-29(43)36-30-41(27(42)17-45-30)26-8-4-6-21-5-2-3-7-25(21)26)20-9-11-22(12-10-20)28-35-18-40(39-28)23-13-15-24(16-14-23)44-31(32,33)34/h4,6,8-16,18-19,37H,2-3,5,7,17H2,1H3,(H,38,43). The van der Waals surface area contributed by atoms with Crippen molar-refractivity contribution in [2.75, 3.05) is 10.7 Å². The summed E-state index contributed by atoms with van der Waals surface area (Å²) in [6, 6.07) is 17.8. The van der Waals surface area contributed by atoms with Gasteiger partial charge in [-0.05, 0) is 79.6 Å². The molecule has 0 bridgehead atoms. The Bertz CT molecular complexity index is 1740. The molecule has 1 aliphatic heterocycles. The first-order valence-corrected chi connectivity index (χ1v) is 15.2. The summed E-state index contributed by atoms with van der Waals surface area (Å²) in [6.45, 7) is 1.87. The van der Waals surface area contributed by atoms with Gasteiger partial charge in [-0.15, -0.1) is 18.3 Å². The molecule has 45 heavy (non-hydrogen) atoms. The number of carbonyl (C=O) groups is 2. The molecule has 1 aliphatic carbocycles. The first kappa shape index (κ1) is 30.3. The number of fused-ring (bicyclic) bond motifs is 1. The molecule has 3 amide bonds. The topological polar surface area (TPSA) is 114 Å². The molecule has 10 nitrogen and oxygen atoms in total. The van der Waals surface area contributed by atoms with Gasteiger partial charge in [-0.3, -0.25) is 15.1 Å². The number of hydrazine groups is 1. The van der Waals surface area contributed by atoms with Gasteiger partial charge in [0, 0.05) is 11.6 Å². The lowest BCUT2D eigenvalue weighted by Crippen LogP contribution is -2.39. The molecule has 14 heteroatoms. The predicted molar refractivity (Wildman–Crippen MR) is 164 cm³/mol. The normalized spacial score (nSPS) is 16.5. The number of alkyl halides is 3. The Morgan fingerprint density at radius 1 is 1.04 bits per heavy atom. The summed E-state index contributed by atoms with van der Waals surface area (Å²) >= 11 is 1.24. The number of anilines is 1. The highest BCUT2D eigenvalue weighted by Gasteiger charge is 2.33. The van der Waals surface area contributed by atoms with Crippen LogP contribution < -0.4 is 20.5 Å². The first-order valence-electron chi connectivity index (χ1n) is 14.2. The quantitative estimate of drug-likeness (QED) is 0.235. The zero-order valence-corrected chi connectivity index (χ0v) is 24.9. The second-order valence-corrected chi connectivity index (χ2v) is 11.4. The monoisotopic (exact) mass is 635 g/mol. The third-order valence-electron chi connectivity index (χ3n) is 7.47. The van der Waals surface area contributed by atoms with Gasteiger partial charge in [0.25, 0.3) is 0 Å². The number of halogens is 3. The van der Waals surface area contributed by atoms with E-state index in [0.29, 0.717) is 16.7 Å². The van der Waals surface area contributed by atoms with Gasteiger partial charge in [0.15, 0.2) is 11.0 Å². The lowest BCUT2D eigenvalue weighted by molar-refractivity contribution is -0.274. The van der Waals surface area contributed by atoms with E-state index in [0.717, 1.165) is 48.1 Å². The molecular weight excluding hydrogens is 607 g/mol. The van der Waals surface area contributed by atoms with Crippen molar-refractivity contribution in [1.82, 2.24) is 25.6 Å². The zero-order chi connectivity index (χ0) is 31.6. The number of amides is 3. The zero-order valence-electron chi connectivity index (χ0n) is 24.0. The Balaban J connectivity index is 1.07. The van der Waals surface area contributed by atoms with Crippen molar-refractivity contribution in [2.24, 2.45) is 4.99 Å².